The SMILES string of the molecule is COc1ccc(B2OB(c3ccc(CO)cc3)OB(c3ccc(OC)cc3)O2)cc1. The highest BCUT2D eigenvalue weighted by molar-refractivity contribution is 6.87. The second-order valence-corrected chi connectivity index (χ2v) is 6.85. The molecular formula is C21H21B3O6. The van der Waals surface area contributed by atoms with Crippen molar-refractivity contribution in [1.29, 1.82) is 0 Å². The Hall–Kier alpha value is -2.71. The van der Waals surface area contributed by atoms with E-state index in [4.69, 9.17) is 23.2 Å². The number of benzene rings is 3. The third-order valence-electron chi connectivity index (χ3n) is 4.95. The number of aliphatic hydroxyl groups is 1. The lowest BCUT2D eigenvalue weighted by molar-refractivity contribution is 0.282. The van der Waals surface area contributed by atoms with Gasteiger partial charge in [-0.05, 0) is 46.2 Å². The van der Waals surface area contributed by atoms with Crippen LogP contribution in [0, 0.1) is 0 Å². The van der Waals surface area contributed by atoms with Crippen molar-refractivity contribution in [1.82, 2.24) is 0 Å². The van der Waals surface area contributed by atoms with Crippen molar-refractivity contribution in [2.75, 3.05) is 14.2 Å². The predicted molar refractivity (Wildman–Crippen MR) is 118 cm³/mol. The van der Waals surface area contributed by atoms with E-state index in [0.717, 1.165) is 33.5 Å². The van der Waals surface area contributed by atoms with Gasteiger partial charge in [0.25, 0.3) is 0 Å². The Labute approximate surface area is 177 Å². The third-order valence-corrected chi connectivity index (χ3v) is 4.95. The molecule has 1 aliphatic heterocycles. The standard InChI is InChI=1S/C21H21B3O6/c1-26-20-11-7-18(8-12-20)23-28-22(17-5-3-16(15-25)4-6-17)29-24(30-23)19-9-13-21(27-2)14-10-19/h3-14,25H,15H2,1-2H3. The molecule has 6 nitrogen and oxygen atoms in total. The van der Waals surface area contributed by atoms with Crippen LogP contribution in [0.1, 0.15) is 5.56 Å². The number of rotatable bonds is 6. The summed E-state index contributed by atoms with van der Waals surface area (Å²) in [6.07, 6.45) is 0. The highest BCUT2D eigenvalue weighted by atomic mass is 16.7. The Morgan fingerprint density at radius 1 is 0.600 bits per heavy atom. The lowest BCUT2D eigenvalue weighted by Crippen LogP contribution is -2.61. The van der Waals surface area contributed by atoms with Crippen LogP contribution in [0.5, 0.6) is 11.5 Å². The third kappa shape index (κ3) is 4.55. The lowest BCUT2D eigenvalue weighted by Gasteiger charge is -2.31. The first-order chi connectivity index (χ1) is 14.7. The Kier molecular flexibility index (Phi) is 6.45. The first-order valence-electron chi connectivity index (χ1n) is 9.64. The minimum absolute atomic E-state index is 0.0152. The summed E-state index contributed by atoms with van der Waals surface area (Å²) in [5, 5.41) is 9.30. The Morgan fingerprint density at radius 3 is 1.23 bits per heavy atom. The van der Waals surface area contributed by atoms with Crippen molar-refractivity contribution in [2.45, 2.75) is 6.61 Å². The van der Waals surface area contributed by atoms with Crippen LogP contribution >= 0.6 is 0 Å². The fourth-order valence-corrected chi connectivity index (χ4v) is 3.21. The number of ether oxygens (including phenoxy) is 2. The van der Waals surface area contributed by atoms with E-state index in [1.54, 1.807) is 14.2 Å². The van der Waals surface area contributed by atoms with E-state index in [1.807, 2.05) is 72.8 Å². The highest BCUT2D eigenvalue weighted by Crippen LogP contribution is 2.14. The summed E-state index contributed by atoms with van der Waals surface area (Å²) in [4.78, 5) is 0. The lowest BCUT2D eigenvalue weighted by atomic mass is 9.61. The molecule has 3 aromatic carbocycles. The Balaban J connectivity index is 1.63. The number of hydrogen-bond donors (Lipinski definition) is 1. The van der Waals surface area contributed by atoms with Crippen molar-refractivity contribution in [3.8, 4) is 11.5 Å². The average Bonchev–Trinajstić information content (AvgIpc) is 2.84. The van der Waals surface area contributed by atoms with Gasteiger partial charge in [-0.1, -0.05) is 48.5 Å². The molecule has 1 aliphatic rings. The fraction of sp³-hybridized carbons (Fsp3) is 0.143. The summed E-state index contributed by atoms with van der Waals surface area (Å²) in [6.45, 7) is -0.0152. The average molecular weight is 402 g/mol. The van der Waals surface area contributed by atoms with Gasteiger partial charge < -0.3 is 28.3 Å². The maximum absolute atomic E-state index is 9.30. The maximum atomic E-state index is 9.30. The summed E-state index contributed by atoms with van der Waals surface area (Å²) >= 11 is 0. The molecule has 30 heavy (non-hydrogen) atoms. The van der Waals surface area contributed by atoms with Crippen LogP contribution in [-0.4, -0.2) is 40.7 Å². The van der Waals surface area contributed by atoms with E-state index in [0.29, 0.717) is 0 Å². The van der Waals surface area contributed by atoms with Crippen LogP contribution in [0.25, 0.3) is 0 Å². The summed E-state index contributed by atoms with van der Waals surface area (Å²) < 4.78 is 28.9. The second kappa shape index (κ2) is 9.40. The molecule has 0 unspecified atom stereocenters. The molecule has 0 saturated carbocycles. The van der Waals surface area contributed by atoms with Gasteiger partial charge in [0.05, 0.1) is 20.8 Å². The van der Waals surface area contributed by atoms with Gasteiger partial charge in [-0.2, -0.15) is 0 Å². The largest absolute Gasteiger partial charge is 0.497 e. The normalized spacial score (nSPS) is 14.0. The van der Waals surface area contributed by atoms with Gasteiger partial charge in [0.15, 0.2) is 0 Å². The summed E-state index contributed by atoms with van der Waals surface area (Å²) in [7, 11) is 1.37. The van der Waals surface area contributed by atoms with Crippen molar-refractivity contribution < 1.29 is 28.3 Å². The minimum atomic E-state index is -0.634. The van der Waals surface area contributed by atoms with Crippen LogP contribution in [0.2, 0.25) is 0 Å². The fourth-order valence-electron chi connectivity index (χ4n) is 3.21. The maximum Gasteiger partial charge on any atom is 0.467 e. The van der Waals surface area contributed by atoms with E-state index in [1.165, 1.54) is 0 Å². The number of aliphatic hydroxyl groups excluding tert-OH is 1. The van der Waals surface area contributed by atoms with E-state index in [2.05, 4.69) is 0 Å². The van der Waals surface area contributed by atoms with Crippen LogP contribution in [-0.2, 0) is 20.3 Å². The van der Waals surface area contributed by atoms with Gasteiger partial charge in [0.2, 0.25) is 0 Å². The molecule has 0 aromatic heterocycles. The zero-order valence-corrected chi connectivity index (χ0v) is 16.9. The van der Waals surface area contributed by atoms with Crippen molar-refractivity contribution in [3.05, 3.63) is 78.4 Å². The number of hydrogen-bond acceptors (Lipinski definition) is 6. The number of methoxy groups -OCH3 is 2. The topological polar surface area (TPSA) is 66.4 Å². The van der Waals surface area contributed by atoms with Gasteiger partial charge in [0, 0.05) is 0 Å². The van der Waals surface area contributed by atoms with Gasteiger partial charge in [0.1, 0.15) is 11.5 Å². The molecule has 0 aliphatic carbocycles. The van der Waals surface area contributed by atoms with Crippen LogP contribution in [0.4, 0.5) is 0 Å². The van der Waals surface area contributed by atoms with Crippen molar-refractivity contribution in [3.63, 3.8) is 0 Å². The molecule has 1 saturated heterocycles. The molecule has 0 amide bonds. The zero-order valence-electron chi connectivity index (χ0n) is 16.9. The highest BCUT2D eigenvalue weighted by Gasteiger charge is 2.43. The zero-order chi connectivity index (χ0) is 20.9. The molecule has 0 radical (unpaired) electrons. The van der Waals surface area contributed by atoms with Crippen LogP contribution < -0.4 is 25.9 Å². The summed E-state index contributed by atoms with van der Waals surface area (Å²) in [5.41, 5.74) is 3.38. The van der Waals surface area contributed by atoms with Crippen molar-refractivity contribution in [2.24, 2.45) is 0 Å². The molecule has 1 heterocycles. The van der Waals surface area contributed by atoms with E-state index in [-0.39, 0.29) is 6.61 Å². The molecule has 4 rings (SSSR count). The molecular weight excluding hydrogens is 381 g/mol. The smallest absolute Gasteiger partial charge is 0.467 e. The van der Waals surface area contributed by atoms with E-state index in [9.17, 15) is 5.11 Å². The molecule has 9 heteroatoms. The van der Waals surface area contributed by atoms with Crippen molar-refractivity contribution >= 4 is 37.7 Å². The van der Waals surface area contributed by atoms with E-state index >= 15 is 0 Å². The van der Waals surface area contributed by atoms with E-state index < -0.39 is 21.4 Å². The summed E-state index contributed by atoms with van der Waals surface area (Å²) in [5.74, 6) is 1.52. The Morgan fingerprint density at radius 2 is 0.933 bits per heavy atom. The quantitative estimate of drug-likeness (QED) is 0.615. The first-order valence-corrected chi connectivity index (χ1v) is 9.64. The van der Waals surface area contributed by atoms with Gasteiger partial charge in [-0.15, -0.1) is 0 Å². The summed E-state index contributed by atoms with van der Waals surface area (Å²) in [6, 6.07) is 22.6. The second-order valence-electron chi connectivity index (χ2n) is 6.85. The predicted octanol–water partition coefficient (Wildman–Crippen LogP) is 0.745. The van der Waals surface area contributed by atoms with Gasteiger partial charge in [-0.25, -0.2) is 0 Å². The van der Waals surface area contributed by atoms with Gasteiger partial charge in [-0.3, -0.25) is 0 Å². The molecule has 1 fully saturated rings. The van der Waals surface area contributed by atoms with Gasteiger partial charge >= 0.3 is 21.4 Å². The molecule has 150 valence electrons. The molecule has 0 spiro atoms. The Bertz CT molecular complexity index is 817. The molecule has 0 atom stereocenters. The molecule has 3 aromatic rings. The minimum Gasteiger partial charge on any atom is -0.497 e. The van der Waals surface area contributed by atoms with Crippen LogP contribution in [0.3, 0.4) is 0 Å². The molecule has 0 bridgehead atoms. The van der Waals surface area contributed by atoms with Crippen LogP contribution in [0.15, 0.2) is 72.8 Å². The first kappa shape index (κ1) is 20.6. The monoisotopic (exact) mass is 402 g/mol. The molecule has 1 N–H and O–H groups in total.